The maximum absolute atomic E-state index is 13.4. The molecule has 0 unspecified atom stereocenters. The van der Waals surface area contributed by atoms with Gasteiger partial charge in [-0.1, -0.05) is 0 Å². The number of phenols is 4. The lowest BCUT2D eigenvalue weighted by molar-refractivity contribution is -0.231. The predicted molar refractivity (Wildman–Crippen MR) is 134 cm³/mol. The molecule has 0 amide bonds. The molecule has 0 radical (unpaired) electrons. The quantitative estimate of drug-likeness (QED) is 0.148. The summed E-state index contributed by atoms with van der Waals surface area (Å²) in [5.41, 5.74) is -2.68. The van der Waals surface area contributed by atoms with Gasteiger partial charge in [0.2, 0.25) is 0 Å². The first-order valence-electron chi connectivity index (χ1n) is 12.4. The molecule has 2 saturated heterocycles. The number of rotatable bonds is 4. The summed E-state index contributed by atoms with van der Waals surface area (Å²) in [6.07, 6.45) is -16.0. The van der Waals surface area contributed by atoms with Crippen LogP contribution >= 0.6 is 0 Å². The van der Waals surface area contributed by atoms with E-state index >= 15 is 0 Å². The summed E-state index contributed by atoms with van der Waals surface area (Å²) in [6.45, 7) is -1.39. The van der Waals surface area contributed by atoms with Crippen LogP contribution in [0.2, 0.25) is 0 Å². The van der Waals surface area contributed by atoms with Crippen LogP contribution in [0.25, 0.3) is 22.3 Å². The molecule has 15 nitrogen and oxygen atoms in total. The second-order valence-corrected chi connectivity index (χ2v) is 9.96. The van der Waals surface area contributed by atoms with Gasteiger partial charge in [-0.25, -0.2) is 0 Å². The normalized spacial score (nSPS) is 32.3. The number of ether oxygens (including phenoxy) is 2. The van der Waals surface area contributed by atoms with Crippen LogP contribution in [0.1, 0.15) is 23.3 Å². The molecule has 2 fully saturated rings. The SMILES string of the molecule is O=c1cc(-c2ccc(O)c(O)c2)oc2c([C@H]3O[C@@H](CO)[C@H](O)[C@@H](O)[C@@H]3O)c(O)c([C@H]3OC[C@@H](O)[C@@H](O)[C@@H]3O)c(O)c12. The lowest BCUT2D eigenvalue weighted by Gasteiger charge is -2.41. The first kappa shape index (κ1) is 29.0. The number of aliphatic hydroxyl groups is 7. The Morgan fingerprint density at radius 3 is 2.10 bits per heavy atom. The number of hydrogen-bond acceptors (Lipinski definition) is 15. The first-order valence-corrected chi connectivity index (χ1v) is 12.4. The van der Waals surface area contributed by atoms with E-state index in [1.54, 1.807) is 0 Å². The van der Waals surface area contributed by atoms with Crippen molar-refractivity contribution in [3.63, 3.8) is 0 Å². The summed E-state index contributed by atoms with van der Waals surface area (Å²) in [5.74, 6) is -3.21. The van der Waals surface area contributed by atoms with Gasteiger partial charge in [-0.05, 0) is 18.2 Å². The Morgan fingerprint density at radius 1 is 0.756 bits per heavy atom. The van der Waals surface area contributed by atoms with Gasteiger partial charge >= 0.3 is 0 Å². The number of benzene rings is 2. The van der Waals surface area contributed by atoms with Gasteiger partial charge in [0.05, 0.1) is 24.3 Å². The molecule has 15 heteroatoms. The molecule has 0 saturated carbocycles. The van der Waals surface area contributed by atoms with Crippen LogP contribution in [-0.2, 0) is 9.47 Å². The highest BCUT2D eigenvalue weighted by atomic mass is 16.5. The van der Waals surface area contributed by atoms with Crippen LogP contribution < -0.4 is 5.43 Å². The minimum atomic E-state index is -2.00. The van der Waals surface area contributed by atoms with Gasteiger partial charge in [0.1, 0.15) is 77.6 Å². The Balaban J connectivity index is 1.82. The fourth-order valence-corrected chi connectivity index (χ4v) is 5.16. The number of aliphatic hydroxyl groups excluding tert-OH is 7. The third-order valence-electron chi connectivity index (χ3n) is 7.42. The van der Waals surface area contributed by atoms with Crippen LogP contribution in [-0.4, -0.2) is 112 Å². The minimum absolute atomic E-state index is 0.0604. The zero-order valence-corrected chi connectivity index (χ0v) is 21.0. The Labute approximate surface area is 229 Å². The van der Waals surface area contributed by atoms with E-state index in [4.69, 9.17) is 13.9 Å². The van der Waals surface area contributed by atoms with Crippen molar-refractivity contribution in [1.82, 2.24) is 0 Å². The molecule has 2 aliphatic heterocycles. The van der Waals surface area contributed by atoms with Crippen molar-refractivity contribution in [3.05, 3.63) is 45.6 Å². The standard InChI is InChI=1S/C26H28O15/c27-5-13-18(33)21(36)23(38)26(41-13)16-20(35)15(25-22(37)17(32)11(31)6-39-25)19(34)14-10(30)4-12(40-24(14)16)7-1-2-8(28)9(29)3-7/h1-4,11,13,17-18,21-23,25-29,31-38H,5-6H2/t11-,13+,17-,18+,21-,22+,23+,25-,26-/m1/s1. The third kappa shape index (κ3) is 4.66. The van der Waals surface area contributed by atoms with Gasteiger partial charge in [-0.15, -0.1) is 0 Å². The van der Waals surface area contributed by atoms with Crippen molar-refractivity contribution in [1.29, 1.82) is 0 Å². The molecule has 9 atom stereocenters. The van der Waals surface area contributed by atoms with Crippen molar-refractivity contribution in [2.75, 3.05) is 13.2 Å². The largest absolute Gasteiger partial charge is 0.507 e. The Kier molecular flexibility index (Phi) is 7.58. The van der Waals surface area contributed by atoms with E-state index in [9.17, 15) is 61.0 Å². The minimum Gasteiger partial charge on any atom is -0.507 e. The van der Waals surface area contributed by atoms with Crippen LogP contribution in [0.3, 0.4) is 0 Å². The lowest BCUT2D eigenvalue weighted by atomic mass is 9.85. The van der Waals surface area contributed by atoms with Gasteiger partial charge in [-0.2, -0.15) is 0 Å². The number of fused-ring (bicyclic) bond motifs is 1. The molecular weight excluding hydrogens is 552 g/mol. The highest BCUT2D eigenvalue weighted by Crippen LogP contribution is 2.50. The maximum atomic E-state index is 13.4. The Hall–Kier alpha value is -3.51. The molecule has 0 bridgehead atoms. The van der Waals surface area contributed by atoms with Crippen molar-refractivity contribution in [2.24, 2.45) is 0 Å². The zero-order chi connectivity index (χ0) is 29.9. The molecule has 3 aromatic rings. The average molecular weight is 580 g/mol. The van der Waals surface area contributed by atoms with Crippen LogP contribution in [0.4, 0.5) is 0 Å². The Bertz CT molecular complexity index is 1520. The Morgan fingerprint density at radius 2 is 1.44 bits per heavy atom. The van der Waals surface area contributed by atoms with Gasteiger partial charge in [0.25, 0.3) is 0 Å². The fraction of sp³-hybridized carbons (Fsp3) is 0.423. The zero-order valence-electron chi connectivity index (χ0n) is 21.0. The molecule has 11 N–H and O–H groups in total. The van der Waals surface area contributed by atoms with E-state index in [1.165, 1.54) is 6.07 Å². The molecule has 5 rings (SSSR count). The summed E-state index contributed by atoms with van der Waals surface area (Å²) < 4.78 is 16.8. The molecule has 3 heterocycles. The number of aromatic hydroxyl groups is 4. The highest BCUT2D eigenvalue weighted by Gasteiger charge is 2.48. The van der Waals surface area contributed by atoms with Gasteiger partial charge in [0.15, 0.2) is 22.5 Å². The molecule has 222 valence electrons. The van der Waals surface area contributed by atoms with Crippen LogP contribution in [0.15, 0.2) is 33.5 Å². The monoisotopic (exact) mass is 580 g/mol. The predicted octanol–water partition coefficient (Wildman–Crippen LogP) is -2.05. The van der Waals surface area contributed by atoms with E-state index < -0.39 is 119 Å². The topological polar surface area (TPSA) is 271 Å². The van der Waals surface area contributed by atoms with Crippen molar-refractivity contribution in [2.45, 2.75) is 54.9 Å². The number of phenolic OH excluding ortho intramolecular Hbond substituents is 4. The summed E-state index contributed by atoms with van der Waals surface area (Å²) in [4.78, 5) is 13.4. The third-order valence-corrected chi connectivity index (χ3v) is 7.42. The molecule has 0 spiro atoms. The summed E-state index contributed by atoms with van der Waals surface area (Å²) in [5, 5.41) is 114. The van der Waals surface area contributed by atoms with Crippen LogP contribution in [0.5, 0.6) is 23.0 Å². The molecule has 2 aromatic carbocycles. The van der Waals surface area contributed by atoms with E-state index in [0.717, 1.165) is 18.2 Å². The summed E-state index contributed by atoms with van der Waals surface area (Å²) >= 11 is 0. The second-order valence-electron chi connectivity index (χ2n) is 9.96. The second kappa shape index (κ2) is 10.7. The van der Waals surface area contributed by atoms with E-state index in [-0.39, 0.29) is 11.3 Å². The maximum Gasteiger partial charge on any atom is 0.197 e. The summed E-state index contributed by atoms with van der Waals surface area (Å²) in [6, 6.07) is 4.34. The van der Waals surface area contributed by atoms with Crippen molar-refractivity contribution < 1.29 is 70.1 Å². The smallest absolute Gasteiger partial charge is 0.197 e. The van der Waals surface area contributed by atoms with Gasteiger partial charge in [-0.3, -0.25) is 4.79 Å². The molecular formula is C26H28O15. The molecule has 0 aliphatic carbocycles. The van der Waals surface area contributed by atoms with Gasteiger partial charge in [0, 0.05) is 11.6 Å². The summed E-state index contributed by atoms with van der Waals surface area (Å²) in [7, 11) is 0. The number of hydrogen-bond donors (Lipinski definition) is 11. The molecule has 2 aliphatic rings. The van der Waals surface area contributed by atoms with E-state index in [1.807, 2.05) is 0 Å². The van der Waals surface area contributed by atoms with E-state index in [0.29, 0.717) is 0 Å². The van der Waals surface area contributed by atoms with Crippen molar-refractivity contribution >= 4 is 11.0 Å². The van der Waals surface area contributed by atoms with Crippen LogP contribution in [0, 0.1) is 0 Å². The van der Waals surface area contributed by atoms with E-state index in [2.05, 4.69) is 0 Å². The highest BCUT2D eigenvalue weighted by molar-refractivity contribution is 5.92. The molecule has 41 heavy (non-hydrogen) atoms. The fourth-order valence-electron chi connectivity index (χ4n) is 5.16. The lowest BCUT2D eigenvalue weighted by Crippen LogP contribution is -2.55. The first-order chi connectivity index (χ1) is 19.4. The van der Waals surface area contributed by atoms with Gasteiger partial charge < -0.3 is 70.1 Å². The molecule has 1 aromatic heterocycles. The van der Waals surface area contributed by atoms with Crippen molar-refractivity contribution in [3.8, 4) is 34.3 Å². The average Bonchev–Trinajstić information content (AvgIpc) is 2.93.